The number of aromatic nitrogens is 2. The molecule has 21 heteroatoms. The van der Waals surface area contributed by atoms with Crippen LogP contribution in [-0.4, -0.2) is 97.9 Å². The van der Waals surface area contributed by atoms with Crippen molar-refractivity contribution in [3.8, 4) is 0 Å². The Hall–Kier alpha value is -2.80. The van der Waals surface area contributed by atoms with Crippen molar-refractivity contribution in [2.45, 2.75) is 211 Å². The van der Waals surface area contributed by atoms with E-state index in [1.165, 1.54) is 51.0 Å². The number of rotatable bonds is 39. The summed E-state index contributed by atoms with van der Waals surface area (Å²) in [5, 5.41) is 20.9. The SMILES string of the molecule is CCCCCC/C=C\CCCCCCCC(=O)O[C@H](COC(=O)CCCCCCC/C=C\CC1OC1CCCCC)COP(=O)(O)OP(=O)(O)OC[C@H]1O[C@@H](n2ccc(N)nc2=O)[C@H](O)[C@@H]1O. The molecular formula is C46H79N3O16P2. The van der Waals surface area contributed by atoms with Crippen molar-refractivity contribution in [1.82, 2.24) is 9.55 Å². The highest BCUT2D eigenvalue weighted by Gasteiger charge is 2.46. The summed E-state index contributed by atoms with van der Waals surface area (Å²) in [6.07, 6.45) is 25.8. The predicted molar refractivity (Wildman–Crippen MR) is 251 cm³/mol. The highest BCUT2D eigenvalue weighted by atomic mass is 31.3. The molecule has 0 aromatic carbocycles. The molecule has 0 radical (unpaired) electrons. The molecule has 4 unspecified atom stereocenters. The second kappa shape index (κ2) is 32.9. The van der Waals surface area contributed by atoms with E-state index >= 15 is 0 Å². The average Bonchev–Trinajstić information content (AvgIpc) is 3.97. The second-order valence-corrected chi connectivity index (χ2v) is 20.4. The minimum Gasteiger partial charge on any atom is -0.462 e. The molecule has 0 spiro atoms. The summed E-state index contributed by atoms with van der Waals surface area (Å²) in [5.41, 5.74) is 4.58. The maximum absolute atomic E-state index is 12.8. The van der Waals surface area contributed by atoms with Gasteiger partial charge in [-0.15, -0.1) is 0 Å². The number of phosphoric ester groups is 2. The minimum atomic E-state index is -5.43. The van der Waals surface area contributed by atoms with Gasteiger partial charge in [-0.25, -0.2) is 13.9 Å². The number of hydrogen-bond acceptors (Lipinski definition) is 16. The number of unbranched alkanes of at least 4 members (excludes halogenated alkanes) is 16. The number of epoxide rings is 1. The fraction of sp³-hybridized carbons (Fsp3) is 0.783. The number of esters is 2. The van der Waals surface area contributed by atoms with E-state index < -0.39 is 83.7 Å². The first-order valence-electron chi connectivity index (χ1n) is 24.5. The van der Waals surface area contributed by atoms with E-state index in [2.05, 4.69) is 47.4 Å². The van der Waals surface area contributed by atoms with Gasteiger partial charge in [-0.3, -0.25) is 23.2 Å². The van der Waals surface area contributed by atoms with Crippen LogP contribution in [0.1, 0.15) is 174 Å². The lowest BCUT2D eigenvalue weighted by atomic mass is 10.1. The molecule has 2 fully saturated rings. The Morgan fingerprint density at radius 3 is 1.94 bits per heavy atom. The third kappa shape index (κ3) is 25.6. The molecule has 9 atom stereocenters. The summed E-state index contributed by atoms with van der Waals surface area (Å²) >= 11 is 0. The molecule has 1 aromatic rings. The number of aliphatic hydroxyl groups excluding tert-OH is 2. The largest absolute Gasteiger partial charge is 0.481 e. The highest BCUT2D eigenvalue weighted by Crippen LogP contribution is 2.60. The predicted octanol–water partition coefficient (Wildman–Crippen LogP) is 8.43. The van der Waals surface area contributed by atoms with Crippen LogP contribution < -0.4 is 11.4 Å². The van der Waals surface area contributed by atoms with Gasteiger partial charge in [0.25, 0.3) is 0 Å². The van der Waals surface area contributed by atoms with Gasteiger partial charge in [0.05, 0.1) is 25.4 Å². The van der Waals surface area contributed by atoms with Crippen LogP contribution in [0.3, 0.4) is 0 Å². The van der Waals surface area contributed by atoms with Crippen LogP contribution in [0.2, 0.25) is 0 Å². The normalized spacial score (nSPS) is 22.8. The first-order valence-corrected chi connectivity index (χ1v) is 27.5. The molecule has 2 aliphatic rings. The van der Waals surface area contributed by atoms with E-state index in [4.69, 9.17) is 33.7 Å². The number of nitrogen functional groups attached to an aromatic ring is 1. The Labute approximate surface area is 396 Å². The fourth-order valence-corrected chi connectivity index (χ4v) is 9.60. The summed E-state index contributed by atoms with van der Waals surface area (Å²) in [6.45, 7) is 2.08. The number of aliphatic hydroxyl groups is 2. The van der Waals surface area contributed by atoms with Gasteiger partial charge in [0, 0.05) is 19.0 Å². The van der Waals surface area contributed by atoms with E-state index in [1.54, 1.807) is 0 Å². The molecule has 2 saturated heterocycles. The van der Waals surface area contributed by atoms with Crippen LogP contribution in [-0.2, 0) is 51.0 Å². The Balaban J connectivity index is 1.41. The zero-order valence-corrected chi connectivity index (χ0v) is 41.4. The van der Waals surface area contributed by atoms with Gasteiger partial charge in [0.2, 0.25) is 0 Å². The number of allylic oxidation sites excluding steroid dienone is 3. The number of ether oxygens (including phenoxy) is 4. The van der Waals surface area contributed by atoms with E-state index in [0.29, 0.717) is 25.0 Å². The van der Waals surface area contributed by atoms with Crippen molar-refractivity contribution < 1.29 is 71.0 Å². The summed E-state index contributed by atoms with van der Waals surface area (Å²) in [5.74, 6) is -1.33. The maximum Gasteiger partial charge on any atom is 0.481 e. The van der Waals surface area contributed by atoms with Gasteiger partial charge in [0.15, 0.2) is 12.3 Å². The van der Waals surface area contributed by atoms with E-state index in [-0.39, 0.29) is 18.7 Å². The van der Waals surface area contributed by atoms with Crippen molar-refractivity contribution in [2.75, 3.05) is 25.6 Å². The zero-order chi connectivity index (χ0) is 48.9. The summed E-state index contributed by atoms with van der Waals surface area (Å²) in [7, 11) is -10.8. The highest BCUT2D eigenvalue weighted by molar-refractivity contribution is 7.61. The van der Waals surface area contributed by atoms with Gasteiger partial charge in [-0.1, -0.05) is 115 Å². The number of carbonyl (C=O) groups excluding carboxylic acids is 2. The number of hydrogen-bond donors (Lipinski definition) is 5. The zero-order valence-electron chi connectivity index (χ0n) is 39.7. The summed E-state index contributed by atoms with van der Waals surface area (Å²) in [4.78, 5) is 61.8. The van der Waals surface area contributed by atoms with Crippen molar-refractivity contribution in [3.05, 3.63) is 47.1 Å². The molecule has 1 aromatic heterocycles. The Morgan fingerprint density at radius 1 is 0.731 bits per heavy atom. The Morgan fingerprint density at radius 2 is 1.30 bits per heavy atom. The summed E-state index contributed by atoms with van der Waals surface area (Å²) in [6, 6.07) is 1.25. The number of nitrogens with zero attached hydrogens (tertiary/aromatic N) is 2. The second-order valence-electron chi connectivity index (χ2n) is 17.3. The monoisotopic (exact) mass is 991 g/mol. The minimum absolute atomic E-state index is 0.0352. The molecule has 0 amide bonds. The van der Waals surface area contributed by atoms with Crippen LogP contribution in [0, 0.1) is 0 Å². The van der Waals surface area contributed by atoms with Gasteiger partial charge >= 0.3 is 33.3 Å². The first kappa shape index (κ1) is 58.5. The van der Waals surface area contributed by atoms with Crippen LogP contribution in [0.15, 0.2) is 41.4 Å². The van der Waals surface area contributed by atoms with Crippen LogP contribution >= 0.6 is 15.6 Å². The molecule has 3 heterocycles. The summed E-state index contributed by atoms with van der Waals surface area (Å²) < 4.78 is 62.4. The standard InChI is InChI=1S/C46H79N3O16P2/c1-3-5-7-8-9-10-11-12-13-14-19-22-26-30-42(51)62-36(33-59-41(50)29-25-21-18-16-15-17-20-24-28-38-37(63-38)27-23-6-4-2)34-60-66(55,56)65-67(57,58)61-35-39-43(52)44(53)45(64-39)49-32-31-40(47)48-46(49)54/h10-11,20,24,31-32,36-39,43-45,52-53H,3-9,12-19,21-23,25-30,33-35H2,1-2H3,(H,55,56)(H,57,58)(H2,47,48,54)/b11-10-,24-20-/t36-,37?,38?,39-,43-,44-,45-/m1/s1. The average molecular weight is 992 g/mol. The van der Waals surface area contributed by atoms with Crippen molar-refractivity contribution in [2.24, 2.45) is 0 Å². The number of anilines is 1. The quantitative estimate of drug-likeness (QED) is 0.0136. The van der Waals surface area contributed by atoms with Crippen LogP contribution in [0.4, 0.5) is 5.82 Å². The van der Waals surface area contributed by atoms with Crippen molar-refractivity contribution in [1.29, 1.82) is 0 Å². The molecule has 6 N–H and O–H groups in total. The molecule has 0 saturated carbocycles. The lowest BCUT2D eigenvalue weighted by Gasteiger charge is -2.21. The van der Waals surface area contributed by atoms with E-state index in [1.807, 2.05) is 0 Å². The van der Waals surface area contributed by atoms with Crippen molar-refractivity contribution in [3.63, 3.8) is 0 Å². The molecule has 2 aliphatic heterocycles. The number of phosphoric acid groups is 2. The van der Waals surface area contributed by atoms with Crippen LogP contribution in [0.5, 0.6) is 0 Å². The molecule has 0 bridgehead atoms. The molecule has 3 rings (SSSR count). The lowest BCUT2D eigenvalue weighted by molar-refractivity contribution is -0.161. The molecular weight excluding hydrogens is 912 g/mol. The maximum atomic E-state index is 12.8. The third-order valence-corrected chi connectivity index (χ3v) is 14.0. The Kier molecular flexibility index (Phi) is 28.7. The number of nitrogens with two attached hydrogens (primary N) is 1. The Bertz CT molecular complexity index is 1780. The van der Waals surface area contributed by atoms with Crippen LogP contribution in [0.25, 0.3) is 0 Å². The number of carbonyl (C=O) groups is 2. The fourth-order valence-electron chi connectivity index (χ4n) is 7.49. The molecule has 19 nitrogen and oxygen atoms in total. The topological polar surface area (TPSA) is 278 Å². The van der Waals surface area contributed by atoms with E-state index in [9.17, 15) is 43.5 Å². The third-order valence-electron chi connectivity index (χ3n) is 11.4. The van der Waals surface area contributed by atoms with Gasteiger partial charge in [-0.05, 0) is 70.3 Å². The van der Waals surface area contributed by atoms with Crippen molar-refractivity contribution >= 4 is 33.4 Å². The molecule has 0 aliphatic carbocycles. The lowest BCUT2D eigenvalue weighted by Crippen LogP contribution is -2.36. The van der Waals surface area contributed by atoms with Gasteiger partial charge < -0.3 is 44.7 Å². The molecule has 67 heavy (non-hydrogen) atoms. The smallest absolute Gasteiger partial charge is 0.462 e. The van der Waals surface area contributed by atoms with Gasteiger partial charge in [0.1, 0.15) is 30.7 Å². The molecule has 384 valence electrons. The van der Waals surface area contributed by atoms with Gasteiger partial charge in [-0.2, -0.15) is 9.29 Å². The first-order chi connectivity index (χ1) is 32.1. The van der Waals surface area contributed by atoms with E-state index in [0.717, 1.165) is 94.2 Å².